The number of phosphoric acid groups is 2. The van der Waals surface area contributed by atoms with Crippen molar-refractivity contribution in [2.45, 2.75) is 316 Å². The van der Waals surface area contributed by atoms with Crippen LogP contribution in [0.3, 0.4) is 0 Å². The molecule has 0 aromatic rings. The molecular formula is C60H116O17P2. The van der Waals surface area contributed by atoms with E-state index in [0.29, 0.717) is 25.7 Å². The monoisotopic (exact) mass is 1170 g/mol. The third-order valence-corrected chi connectivity index (χ3v) is 16.0. The van der Waals surface area contributed by atoms with E-state index in [2.05, 4.69) is 34.6 Å². The van der Waals surface area contributed by atoms with Gasteiger partial charge in [0.15, 0.2) is 12.2 Å². The fraction of sp³-hybridized carbons (Fsp3) is 0.933. The van der Waals surface area contributed by atoms with Crippen LogP contribution in [0.25, 0.3) is 0 Å². The highest BCUT2D eigenvalue weighted by atomic mass is 31.2. The van der Waals surface area contributed by atoms with Gasteiger partial charge in [0.2, 0.25) is 0 Å². The van der Waals surface area contributed by atoms with Crippen LogP contribution in [-0.2, 0) is 65.4 Å². The van der Waals surface area contributed by atoms with Gasteiger partial charge < -0.3 is 33.8 Å². The molecule has 0 aromatic carbocycles. The van der Waals surface area contributed by atoms with Gasteiger partial charge >= 0.3 is 39.5 Å². The zero-order valence-corrected chi connectivity index (χ0v) is 52.3. The minimum Gasteiger partial charge on any atom is -0.462 e. The molecule has 79 heavy (non-hydrogen) atoms. The molecule has 0 fully saturated rings. The number of aliphatic hydroxyl groups excluding tert-OH is 1. The molecule has 0 saturated carbocycles. The molecule has 0 radical (unpaired) electrons. The van der Waals surface area contributed by atoms with E-state index in [9.17, 15) is 43.2 Å². The van der Waals surface area contributed by atoms with Gasteiger partial charge in [0.05, 0.1) is 26.4 Å². The predicted octanol–water partition coefficient (Wildman–Crippen LogP) is 16.2. The van der Waals surface area contributed by atoms with Crippen molar-refractivity contribution in [3.05, 3.63) is 0 Å². The minimum atomic E-state index is -4.94. The van der Waals surface area contributed by atoms with E-state index in [1.807, 2.05) is 0 Å². The Kier molecular flexibility index (Phi) is 52.7. The summed E-state index contributed by atoms with van der Waals surface area (Å²) in [5.41, 5.74) is 0. The first kappa shape index (κ1) is 77.1. The lowest BCUT2D eigenvalue weighted by atomic mass is 9.99. The first-order chi connectivity index (χ1) is 38.1. The first-order valence-corrected chi connectivity index (χ1v) is 34.7. The van der Waals surface area contributed by atoms with Crippen molar-refractivity contribution in [3.8, 4) is 0 Å². The molecule has 19 heteroatoms. The molecule has 0 saturated heterocycles. The Balaban J connectivity index is 5.12. The van der Waals surface area contributed by atoms with Crippen molar-refractivity contribution in [1.82, 2.24) is 0 Å². The van der Waals surface area contributed by atoms with Crippen molar-refractivity contribution >= 4 is 39.5 Å². The van der Waals surface area contributed by atoms with E-state index >= 15 is 0 Å². The zero-order chi connectivity index (χ0) is 58.5. The smallest absolute Gasteiger partial charge is 0.462 e. The Morgan fingerprint density at radius 2 is 0.608 bits per heavy atom. The van der Waals surface area contributed by atoms with Crippen molar-refractivity contribution < 1.29 is 80.2 Å². The molecule has 0 aliphatic carbocycles. The average molecular weight is 1170 g/mol. The summed E-state index contributed by atoms with van der Waals surface area (Å²) >= 11 is 0. The van der Waals surface area contributed by atoms with E-state index in [0.717, 1.165) is 102 Å². The quantitative estimate of drug-likeness (QED) is 0.0222. The maximum Gasteiger partial charge on any atom is 0.472 e. The first-order valence-electron chi connectivity index (χ1n) is 31.7. The number of rotatable bonds is 60. The Hall–Kier alpha value is -1.94. The van der Waals surface area contributed by atoms with E-state index in [1.165, 1.54) is 116 Å². The third-order valence-electron chi connectivity index (χ3n) is 14.1. The van der Waals surface area contributed by atoms with Crippen molar-refractivity contribution in [2.24, 2.45) is 5.92 Å². The number of carbonyl (C=O) groups excluding carboxylic acids is 4. The summed E-state index contributed by atoms with van der Waals surface area (Å²) in [4.78, 5) is 71.5. The number of phosphoric ester groups is 2. The lowest BCUT2D eigenvalue weighted by Crippen LogP contribution is -2.30. The highest BCUT2D eigenvalue weighted by Gasteiger charge is 2.30. The molecule has 0 spiro atoms. The van der Waals surface area contributed by atoms with Crippen molar-refractivity contribution in [2.75, 3.05) is 39.6 Å². The average Bonchev–Trinajstić information content (AvgIpc) is 3.42. The molecule has 0 aromatic heterocycles. The van der Waals surface area contributed by atoms with Crippen LogP contribution in [0.4, 0.5) is 0 Å². The summed E-state index contributed by atoms with van der Waals surface area (Å²) < 4.78 is 67.4. The summed E-state index contributed by atoms with van der Waals surface area (Å²) in [7, 11) is -9.86. The highest BCUT2D eigenvalue weighted by Crippen LogP contribution is 2.45. The zero-order valence-electron chi connectivity index (χ0n) is 50.5. The molecule has 0 bridgehead atoms. The summed E-state index contributed by atoms with van der Waals surface area (Å²) in [6, 6.07) is 0. The lowest BCUT2D eigenvalue weighted by Gasteiger charge is -2.21. The maximum atomic E-state index is 12.9. The van der Waals surface area contributed by atoms with Gasteiger partial charge in [0, 0.05) is 25.7 Å². The van der Waals surface area contributed by atoms with Gasteiger partial charge in [-0.2, -0.15) is 0 Å². The van der Waals surface area contributed by atoms with Crippen LogP contribution in [0.1, 0.15) is 298 Å². The number of unbranched alkanes of at least 4 members (excludes halogenated alkanes) is 31. The molecular weight excluding hydrogens is 1050 g/mol. The number of esters is 4. The van der Waals surface area contributed by atoms with Gasteiger partial charge in [-0.3, -0.25) is 37.3 Å². The summed E-state index contributed by atoms with van der Waals surface area (Å²) in [6.45, 7) is 7.01. The van der Waals surface area contributed by atoms with Crippen LogP contribution in [-0.4, -0.2) is 96.7 Å². The largest absolute Gasteiger partial charge is 0.472 e. The predicted molar refractivity (Wildman–Crippen MR) is 312 cm³/mol. The molecule has 468 valence electrons. The second-order valence-corrected chi connectivity index (χ2v) is 24.9. The Morgan fingerprint density at radius 3 is 0.899 bits per heavy atom. The fourth-order valence-electron chi connectivity index (χ4n) is 8.84. The summed E-state index contributed by atoms with van der Waals surface area (Å²) in [5, 5.41) is 10.5. The Morgan fingerprint density at radius 1 is 0.354 bits per heavy atom. The summed E-state index contributed by atoms with van der Waals surface area (Å²) in [5.74, 6) is -1.35. The third kappa shape index (κ3) is 53.8. The molecule has 6 atom stereocenters. The molecule has 0 amide bonds. The van der Waals surface area contributed by atoms with Gasteiger partial charge in [-0.1, -0.05) is 247 Å². The second kappa shape index (κ2) is 54.0. The van der Waals surface area contributed by atoms with Crippen molar-refractivity contribution in [3.63, 3.8) is 0 Å². The number of ether oxygens (including phenoxy) is 4. The van der Waals surface area contributed by atoms with Gasteiger partial charge in [0.1, 0.15) is 19.3 Å². The van der Waals surface area contributed by atoms with Crippen molar-refractivity contribution in [1.29, 1.82) is 0 Å². The molecule has 0 aliphatic rings. The Bertz CT molecular complexity index is 1550. The van der Waals surface area contributed by atoms with Crippen LogP contribution in [0.15, 0.2) is 0 Å². The molecule has 0 aliphatic heterocycles. The van der Waals surface area contributed by atoms with Crippen LogP contribution in [0, 0.1) is 5.92 Å². The number of aliphatic hydroxyl groups is 1. The highest BCUT2D eigenvalue weighted by molar-refractivity contribution is 7.47. The topological polar surface area (TPSA) is 237 Å². The van der Waals surface area contributed by atoms with E-state index < -0.39 is 97.5 Å². The Labute approximate surface area is 479 Å². The van der Waals surface area contributed by atoms with Gasteiger partial charge in [0.25, 0.3) is 0 Å². The van der Waals surface area contributed by atoms with Crippen LogP contribution >= 0.6 is 15.6 Å². The molecule has 0 heterocycles. The minimum absolute atomic E-state index is 0.0988. The van der Waals surface area contributed by atoms with Crippen LogP contribution in [0.2, 0.25) is 0 Å². The van der Waals surface area contributed by atoms with Crippen LogP contribution in [0.5, 0.6) is 0 Å². The summed E-state index contributed by atoms with van der Waals surface area (Å²) in [6.07, 6.45) is 36.9. The van der Waals surface area contributed by atoms with Gasteiger partial charge in [-0.25, -0.2) is 9.13 Å². The number of hydrogen-bond acceptors (Lipinski definition) is 15. The maximum absolute atomic E-state index is 12.9. The molecule has 3 unspecified atom stereocenters. The van der Waals surface area contributed by atoms with E-state index in [1.54, 1.807) is 0 Å². The van der Waals surface area contributed by atoms with E-state index in [4.69, 9.17) is 37.0 Å². The normalized spacial score (nSPS) is 14.7. The van der Waals surface area contributed by atoms with Crippen LogP contribution < -0.4 is 0 Å². The SMILES string of the molecule is CCCCCCCCCCCCCCCCCC(=O)O[C@H](COC(=O)CCCCCCCCCCCCC(C)CC)COP(=O)(O)OC[C@@H](O)COP(=O)(O)OC[C@@H](COC(=O)CCCCCCC)OC(=O)CCCCCCC. The second-order valence-electron chi connectivity index (χ2n) is 22.0. The van der Waals surface area contributed by atoms with Gasteiger partial charge in [-0.05, 0) is 31.6 Å². The fourth-order valence-corrected chi connectivity index (χ4v) is 10.4. The molecule has 0 rings (SSSR count). The molecule has 17 nitrogen and oxygen atoms in total. The van der Waals surface area contributed by atoms with Gasteiger partial charge in [-0.15, -0.1) is 0 Å². The molecule has 3 N–H and O–H groups in total. The lowest BCUT2D eigenvalue weighted by molar-refractivity contribution is -0.161. The number of hydrogen-bond donors (Lipinski definition) is 3. The standard InChI is InChI=1S/C60H116O17P2/c1-6-10-13-16-17-18-19-20-21-22-23-28-31-36-41-46-60(65)77-56(50-71-58(63)44-39-35-30-27-25-24-26-29-34-37-42-53(5)9-4)52-75-79(68,69)73-48-54(61)47-72-78(66,67)74-51-55(76-59(64)45-40-33-15-12-8-3)49-70-57(62)43-38-32-14-11-7-2/h53-56,61H,6-52H2,1-5H3,(H,66,67)(H,68,69)/t53?,54-,55+,56+/m0/s1. The van der Waals surface area contributed by atoms with E-state index in [-0.39, 0.29) is 25.7 Å². The number of carbonyl (C=O) groups is 4.